The molecule has 20 heavy (non-hydrogen) atoms. The van der Waals surface area contributed by atoms with Gasteiger partial charge in [-0.15, -0.1) is 0 Å². The summed E-state index contributed by atoms with van der Waals surface area (Å²) in [4.78, 5) is 0. The van der Waals surface area contributed by atoms with Crippen molar-refractivity contribution in [1.29, 1.82) is 0 Å². The average molecular weight is 271 g/mol. The van der Waals surface area contributed by atoms with Crippen LogP contribution in [0.1, 0.15) is 38.5 Å². The van der Waals surface area contributed by atoms with Crippen LogP contribution in [0.4, 0.5) is 0 Å². The predicted octanol–water partition coefficient (Wildman–Crippen LogP) is 4.17. The summed E-state index contributed by atoms with van der Waals surface area (Å²) in [5.41, 5.74) is 1.42. The van der Waals surface area contributed by atoms with Gasteiger partial charge in [0.25, 0.3) is 0 Å². The number of benzene rings is 1. The molecule has 1 aromatic carbocycles. The molecule has 0 bridgehead atoms. The minimum Gasteiger partial charge on any atom is -0.469 e. The quantitative estimate of drug-likeness (QED) is 0.817. The van der Waals surface area contributed by atoms with E-state index < -0.39 is 0 Å². The molecule has 1 N–H and O–H groups in total. The van der Waals surface area contributed by atoms with Gasteiger partial charge in [-0.05, 0) is 30.7 Å². The van der Waals surface area contributed by atoms with Gasteiger partial charge in [0.15, 0.2) is 0 Å². The van der Waals surface area contributed by atoms with Crippen molar-refractivity contribution < 1.29 is 4.42 Å². The zero-order valence-corrected chi connectivity index (χ0v) is 12.7. The smallest absolute Gasteiger partial charge is 0.105 e. The first-order valence-corrected chi connectivity index (χ1v) is 7.46. The molecule has 1 aromatic heterocycles. The van der Waals surface area contributed by atoms with Gasteiger partial charge in [-0.2, -0.15) is 0 Å². The van der Waals surface area contributed by atoms with Crippen LogP contribution in [0.25, 0.3) is 0 Å². The Bertz CT molecular complexity index is 487. The van der Waals surface area contributed by atoms with Crippen LogP contribution in [-0.2, 0) is 11.8 Å². The van der Waals surface area contributed by atoms with Gasteiger partial charge in [0.1, 0.15) is 5.76 Å². The van der Waals surface area contributed by atoms with Crippen LogP contribution in [-0.4, -0.2) is 12.6 Å². The lowest BCUT2D eigenvalue weighted by atomic mass is 9.76. The van der Waals surface area contributed by atoms with Gasteiger partial charge in [-0.25, -0.2) is 0 Å². The number of hydrogen-bond acceptors (Lipinski definition) is 2. The molecule has 2 aromatic rings. The average Bonchev–Trinajstić information content (AvgIpc) is 2.97. The molecule has 0 fully saturated rings. The molecule has 1 heterocycles. The number of furan rings is 1. The minimum atomic E-state index is 0.0587. The van der Waals surface area contributed by atoms with Crippen LogP contribution in [0, 0.1) is 0 Å². The molecule has 2 heteroatoms. The van der Waals surface area contributed by atoms with Crippen LogP contribution in [0.15, 0.2) is 53.1 Å². The van der Waals surface area contributed by atoms with Crippen LogP contribution in [0.5, 0.6) is 0 Å². The summed E-state index contributed by atoms with van der Waals surface area (Å²) in [6.07, 6.45) is 3.80. The first-order valence-electron chi connectivity index (χ1n) is 7.46. The Hall–Kier alpha value is -1.54. The Morgan fingerprint density at radius 3 is 2.45 bits per heavy atom. The molecular weight excluding hydrogens is 246 g/mol. The summed E-state index contributed by atoms with van der Waals surface area (Å²) in [6, 6.07) is 15.1. The largest absolute Gasteiger partial charge is 0.469 e. The maximum atomic E-state index is 5.53. The van der Waals surface area contributed by atoms with E-state index >= 15 is 0 Å². The third kappa shape index (κ3) is 3.51. The standard InChI is InChI=1S/C18H25NO/c1-4-12-19-17(14-16-11-8-13-20-16)18(2,3)15-9-6-5-7-10-15/h5-11,13,17,19H,4,12,14H2,1-3H3. The molecule has 0 aliphatic carbocycles. The van der Waals surface area contributed by atoms with Gasteiger partial charge >= 0.3 is 0 Å². The Balaban J connectivity index is 2.20. The third-order valence-corrected chi connectivity index (χ3v) is 4.02. The summed E-state index contributed by atoms with van der Waals surface area (Å²) >= 11 is 0. The first kappa shape index (κ1) is 14.9. The van der Waals surface area contributed by atoms with E-state index in [4.69, 9.17) is 4.42 Å². The Labute approximate surface area is 122 Å². The molecule has 1 atom stereocenters. The lowest BCUT2D eigenvalue weighted by Gasteiger charge is -2.35. The second-order valence-electron chi connectivity index (χ2n) is 5.88. The summed E-state index contributed by atoms with van der Waals surface area (Å²) in [6.45, 7) is 7.84. The van der Waals surface area contributed by atoms with E-state index in [1.807, 2.05) is 6.07 Å². The maximum Gasteiger partial charge on any atom is 0.105 e. The third-order valence-electron chi connectivity index (χ3n) is 4.02. The molecule has 0 saturated carbocycles. The molecule has 2 nitrogen and oxygen atoms in total. The monoisotopic (exact) mass is 271 g/mol. The van der Waals surface area contributed by atoms with Crippen molar-refractivity contribution in [2.75, 3.05) is 6.54 Å². The van der Waals surface area contributed by atoms with Crippen LogP contribution in [0.3, 0.4) is 0 Å². The van der Waals surface area contributed by atoms with E-state index in [2.05, 4.69) is 62.5 Å². The van der Waals surface area contributed by atoms with Crippen molar-refractivity contribution in [3.63, 3.8) is 0 Å². The van der Waals surface area contributed by atoms with E-state index in [-0.39, 0.29) is 5.41 Å². The van der Waals surface area contributed by atoms with Crippen molar-refractivity contribution in [3.8, 4) is 0 Å². The summed E-state index contributed by atoms with van der Waals surface area (Å²) < 4.78 is 5.53. The van der Waals surface area contributed by atoms with E-state index in [1.54, 1.807) is 6.26 Å². The van der Waals surface area contributed by atoms with Gasteiger partial charge < -0.3 is 9.73 Å². The van der Waals surface area contributed by atoms with Gasteiger partial charge in [-0.3, -0.25) is 0 Å². The van der Waals surface area contributed by atoms with Crippen molar-refractivity contribution in [1.82, 2.24) is 5.32 Å². The van der Waals surface area contributed by atoms with Crippen molar-refractivity contribution in [2.24, 2.45) is 0 Å². The van der Waals surface area contributed by atoms with E-state index in [9.17, 15) is 0 Å². The van der Waals surface area contributed by atoms with Gasteiger partial charge in [0, 0.05) is 17.9 Å². The molecule has 2 rings (SSSR count). The zero-order chi connectivity index (χ0) is 14.4. The summed E-state index contributed by atoms with van der Waals surface area (Å²) in [7, 11) is 0. The van der Waals surface area contributed by atoms with E-state index in [0.29, 0.717) is 6.04 Å². The fourth-order valence-electron chi connectivity index (χ4n) is 2.60. The molecule has 108 valence electrons. The highest BCUT2D eigenvalue weighted by Crippen LogP contribution is 2.29. The zero-order valence-electron chi connectivity index (χ0n) is 12.7. The Morgan fingerprint density at radius 2 is 1.85 bits per heavy atom. The SMILES string of the molecule is CCCNC(Cc1ccco1)C(C)(C)c1ccccc1. The molecule has 0 saturated heterocycles. The molecule has 1 unspecified atom stereocenters. The van der Waals surface area contributed by atoms with Crippen LogP contribution < -0.4 is 5.32 Å². The van der Waals surface area contributed by atoms with Crippen LogP contribution >= 0.6 is 0 Å². The van der Waals surface area contributed by atoms with E-state index in [0.717, 1.165) is 25.1 Å². The molecular formula is C18H25NO. The normalized spacial score (nSPS) is 13.3. The summed E-state index contributed by atoms with van der Waals surface area (Å²) in [5, 5.41) is 3.69. The molecule has 0 amide bonds. The fourth-order valence-corrected chi connectivity index (χ4v) is 2.60. The molecule has 0 radical (unpaired) electrons. The lowest BCUT2D eigenvalue weighted by Crippen LogP contribution is -2.46. The fraction of sp³-hybridized carbons (Fsp3) is 0.444. The van der Waals surface area contributed by atoms with Crippen molar-refractivity contribution >= 4 is 0 Å². The van der Waals surface area contributed by atoms with E-state index in [1.165, 1.54) is 5.56 Å². The van der Waals surface area contributed by atoms with Crippen molar-refractivity contribution in [3.05, 3.63) is 60.1 Å². The Morgan fingerprint density at radius 1 is 1.10 bits per heavy atom. The predicted molar refractivity (Wildman–Crippen MR) is 84.0 cm³/mol. The minimum absolute atomic E-state index is 0.0587. The van der Waals surface area contributed by atoms with Crippen molar-refractivity contribution in [2.45, 2.75) is 45.1 Å². The highest BCUT2D eigenvalue weighted by molar-refractivity contribution is 5.26. The van der Waals surface area contributed by atoms with Crippen LogP contribution in [0.2, 0.25) is 0 Å². The highest BCUT2D eigenvalue weighted by Gasteiger charge is 2.31. The number of nitrogens with one attached hydrogen (secondary N) is 1. The second kappa shape index (κ2) is 6.76. The van der Waals surface area contributed by atoms with Gasteiger partial charge in [-0.1, -0.05) is 51.1 Å². The number of hydrogen-bond donors (Lipinski definition) is 1. The maximum absolute atomic E-state index is 5.53. The number of rotatable bonds is 7. The Kier molecular flexibility index (Phi) is 5.02. The first-order chi connectivity index (χ1) is 9.64. The highest BCUT2D eigenvalue weighted by atomic mass is 16.3. The lowest BCUT2D eigenvalue weighted by molar-refractivity contribution is 0.319. The second-order valence-corrected chi connectivity index (χ2v) is 5.88. The topological polar surface area (TPSA) is 25.2 Å². The molecule has 0 aliphatic heterocycles. The molecule has 0 aliphatic rings. The van der Waals surface area contributed by atoms with Gasteiger partial charge in [0.2, 0.25) is 0 Å². The summed E-state index contributed by atoms with van der Waals surface area (Å²) in [5.74, 6) is 1.04. The van der Waals surface area contributed by atoms with Gasteiger partial charge in [0.05, 0.1) is 6.26 Å². The molecule has 0 spiro atoms.